The van der Waals surface area contributed by atoms with Crippen molar-refractivity contribution in [2.45, 2.75) is 45.6 Å². The van der Waals surface area contributed by atoms with Crippen LogP contribution in [0.3, 0.4) is 0 Å². The van der Waals surface area contributed by atoms with Crippen LogP contribution in [0, 0.1) is 5.92 Å². The normalized spacial score (nSPS) is 20.6. The van der Waals surface area contributed by atoms with E-state index in [1.54, 1.807) is 0 Å². The molecule has 0 aliphatic carbocycles. The molecule has 3 heteroatoms. The van der Waals surface area contributed by atoms with Crippen LogP contribution in [-0.4, -0.2) is 50.8 Å². The molecular weight excluding hydrogens is 212 g/mol. The van der Waals surface area contributed by atoms with E-state index in [1.165, 1.54) is 38.8 Å². The number of ether oxygens (including phenoxy) is 1. The van der Waals surface area contributed by atoms with Crippen molar-refractivity contribution in [3.8, 4) is 0 Å². The fourth-order valence-electron chi connectivity index (χ4n) is 2.23. The first-order valence-corrected chi connectivity index (χ1v) is 7.19. The summed E-state index contributed by atoms with van der Waals surface area (Å²) in [6.45, 7) is 9.95. The Morgan fingerprint density at radius 3 is 2.76 bits per heavy atom. The lowest BCUT2D eigenvalue weighted by molar-refractivity contribution is 0.158. The third-order valence-electron chi connectivity index (χ3n) is 3.45. The van der Waals surface area contributed by atoms with Gasteiger partial charge in [0, 0.05) is 12.6 Å². The van der Waals surface area contributed by atoms with Gasteiger partial charge < -0.3 is 15.0 Å². The zero-order chi connectivity index (χ0) is 12.5. The zero-order valence-electron chi connectivity index (χ0n) is 11.9. The molecule has 1 atom stereocenters. The van der Waals surface area contributed by atoms with Gasteiger partial charge in [-0.1, -0.05) is 20.3 Å². The number of hydrogen-bond acceptors (Lipinski definition) is 3. The van der Waals surface area contributed by atoms with Gasteiger partial charge in [-0.2, -0.15) is 0 Å². The first-order chi connectivity index (χ1) is 8.20. The number of hydrogen-bond donors (Lipinski definition) is 1. The summed E-state index contributed by atoms with van der Waals surface area (Å²) in [5.74, 6) is 0.767. The van der Waals surface area contributed by atoms with Gasteiger partial charge in [0.05, 0.1) is 6.61 Å². The summed E-state index contributed by atoms with van der Waals surface area (Å²) in [7, 11) is 2.23. The minimum Gasteiger partial charge on any atom is -0.380 e. The Morgan fingerprint density at radius 1 is 1.29 bits per heavy atom. The van der Waals surface area contributed by atoms with Crippen molar-refractivity contribution < 1.29 is 4.74 Å². The molecule has 1 unspecified atom stereocenters. The van der Waals surface area contributed by atoms with E-state index in [9.17, 15) is 0 Å². The van der Waals surface area contributed by atoms with Crippen LogP contribution in [0.1, 0.15) is 39.5 Å². The molecule has 1 aliphatic heterocycles. The molecule has 0 aromatic rings. The first kappa shape index (κ1) is 14.9. The van der Waals surface area contributed by atoms with E-state index in [-0.39, 0.29) is 0 Å². The van der Waals surface area contributed by atoms with Crippen LogP contribution in [0.5, 0.6) is 0 Å². The summed E-state index contributed by atoms with van der Waals surface area (Å²) in [5.41, 5.74) is 0. The Morgan fingerprint density at radius 2 is 2.12 bits per heavy atom. The fraction of sp³-hybridized carbons (Fsp3) is 1.00. The van der Waals surface area contributed by atoms with Crippen LogP contribution in [0.4, 0.5) is 0 Å². The molecule has 0 bridgehead atoms. The molecule has 0 amide bonds. The minimum atomic E-state index is 0.675. The highest BCUT2D eigenvalue weighted by Crippen LogP contribution is 2.11. The molecule has 0 spiro atoms. The summed E-state index contributed by atoms with van der Waals surface area (Å²) in [4.78, 5) is 2.47. The Hall–Kier alpha value is -0.120. The topological polar surface area (TPSA) is 24.5 Å². The molecule has 1 rings (SSSR count). The SMILES string of the molecule is CC(C)CNCCCCCN(C)C1CCOC1. The van der Waals surface area contributed by atoms with Gasteiger partial charge in [0.15, 0.2) is 0 Å². The predicted octanol–water partition coefficient (Wildman–Crippen LogP) is 2.12. The third-order valence-corrected chi connectivity index (χ3v) is 3.45. The van der Waals surface area contributed by atoms with Crippen molar-refractivity contribution in [2.24, 2.45) is 5.92 Å². The van der Waals surface area contributed by atoms with E-state index in [2.05, 4.69) is 31.1 Å². The highest BCUT2D eigenvalue weighted by molar-refractivity contribution is 4.72. The van der Waals surface area contributed by atoms with Crippen LogP contribution in [0.15, 0.2) is 0 Å². The van der Waals surface area contributed by atoms with Crippen molar-refractivity contribution in [2.75, 3.05) is 39.9 Å². The molecule has 0 aromatic heterocycles. The van der Waals surface area contributed by atoms with Crippen molar-refractivity contribution in [3.05, 3.63) is 0 Å². The van der Waals surface area contributed by atoms with E-state index < -0.39 is 0 Å². The predicted molar refractivity (Wildman–Crippen MR) is 73.4 cm³/mol. The fourth-order valence-corrected chi connectivity index (χ4v) is 2.23. The van der Waals surface area contributed by atoms with Crippen molar-refractivity contribution >= 4 is 0 Å². The Kier molecular flexibility index (Phi) is 7.82. The number of likely N-dealkylation sites (N-methyl/N-ethyl adjacent to an activating group) is 1. The average Bonchev–Trinajstić information content (AvgIpc) is 2.80. The molecular formula is C14H30N2O. The van der Waals surface area contributed by atoms with Crippen molar-refractivity contribution in [1.82, 2.24) is 10.2 Å². The second kappa shape index (κ2) is 8.90. The first-order valence-electron chi connectivity index (χ1n) is 7.19. The van der Waals surface area contributed by atoms with E-state index in [4.69, 9.17) is 4.74 Å². The number of nitrogens with one attached hydrogen (secondary N) is 1. The molecule has 0 aromatic carbocycles. The quantitative estimate of drug-likeness (QED) is 0.627. The molecule has 0 saturated carbocycles. The van der Waals surface area contributed by atoms with E-state index >= 15 is 0 Å². The van der Waals surface area contributed by atoms with Gasteiger partial charge in [0.1, 0.15) is 0 Å². The van der Waals surface area contributed by atoms with E-state index in [0.29, 0.717) is 6.04 Å². The summed E-state index contributed by atoms with van der Waals surface area (Å²) >= 11 is 0. The monoisotopic (exact) mass is 242 g/mol. The molecule has 3 nitrogen and oxygen atoms in total. The average molecular weight is 242 g/mol. The Labute approximate surface area is 107 Å². The molecule has 102 valence electrons. The van der Waals surface area contributed by atoms with E-state index in [0.717, 1.165) is 25.7 Å². The summed E-state index contributed by atoms with van der Waals surface area (Å²) in [6, 6.07) is 0.675. The standard InChI is InChI=1S/C14H30N2O/c1-13(2)11-15-8-5-4-6-9-16(3)14-7-10-17-12-14/h13-15H,4-12H2,1-3H3. The molecule has 0 radical (unpaired) electrons. The molecule has 1 saturated heterocycles. The van der Waals surface area contributed by atoms with E-state index in [1.807, 2.05) is 0 Å². The molecule has 1 N–H and O–H groups in total. The van der Waals surface area contributed by atoms with Crippen LogP contribution in [0.2, 0.25) is 0 Å². The second-order valence-corrected chi connectivity index (χ2v) is 5.66. The maximum absolute atomic E-state index is 5.41. The van der Waals surface area contributed by atoms with Gasteiger partial charge in [-0.05, 0) is 51.9 Å². The zero-order valence-corrected chi connectivity index (χ0v) is 11.9. The van der Waals surface area contributed by atoms with Crippen LogP contribution in [0.25, 0.3) is 0 Å². The molecule has 1 aliphatic rings. The maximum atomic E-state index is 5.41. The number of nitrogens with zero attached hydrogens (tertiary/aromatic N) is 1. The van der Waals surface area contributed by atoms with Crippen molar-refractivity contribution in [1.29, 1.82) is 0 Å². The largest absolute Gasteiger partial charge is 0.380 e. The van der Waals surface area contributed by atoms with Crippen LogP contribution in [-0.2, 0) is 4.74 Å². The Balaban J connectivity index is 1.86. The lowest BCUT2D eigenvalue weighted by Crippen LogP contribution is -2.32. The van der Waals surface area contributed by atoms with Gasteiger partial charge in [-0.25, -0.2) is 0 Å². The van der Waals surface area contributed by atoms with Crippen molar-refractivity contribution in [3.63, 3.8) is 0 Å². The van der Waals surface area contributed by atoms with Gasteiger partial charge in [0.25, 0.3) is 0 Å². The number of rotatable bonds is 9. The highest BCUT2D eigenvalue weighted by Gasteiger charge is 2.19. The van der Waals surface area contributed by atoms with Gasteiger partial charge >= 0.3 is 0 Å². The molecule has 1 fully saturated rings. The second-order valence-electron chi connectivity index (χ2n) is 5.66. The third kappa shape index (κ3) is 7.02. The lowest BCUT2D eigenvalue weighted by atomic mass is 10.2. The maximum Gasteiger partial charge on any atom is 0.0622 e. The summed E-state index contributed by atoms with van der Waals surface area (Å²) in [5, 5.41) is 3.49. The summed E-state index contributed by atoms with van der Waals surface area (Å²) in [6.07, 6.45) is 5.17. The van der Waals surface area contributed by atoms with Crippen LogP contribution < -0.4 is 5.32 Å². The molecule has 1 heterocycles. The highest BCUT2D eigenvalue weighted by atomic mass is 16.5. The number of unbranched alkanes of at least 4 members (excludes halogenated alkanes) is 2. The van der Waals surface area contributed by atoms with Gasteiger partial charge in [-0.3, -0.25) is 0 Å². The smallest absolute Gasteiger partial charge is 0.0622 e. The molecule has 17 heavy (non-hydrogen) atoms. The Bertz CT molecular complexity index is 179. The van der Waals surface area contributed by atoms with Gasteiger partial charge in [0.2, 0.25) is 0 Å². The minimum absolute atomic E-state index is 0.675. The van der Waals surface area contributed by atoms with Gasteiger partial charge in [-0.15, -0.1) is 0 Å². The lowest BCUT2D eigenvalue weighted by Gasteiger charge is -2.22. The van der Waals surface area contributed by atoms with Crippen LogP contribution >= 0.6 is 0 Å². The summed E-state index contributed by atoms with van der Waals surface area (Å²) < 4.78 is 5.41.